The lowest BCUT2D eigenvalue weighted by Gasteiger charge is -2.13. The van der Waals surface area contributed by atoms with Gasteiger partial charge in [0, 0.05) is 17.0 Å². The number of thiazole rings is 1. The fourth-order valence-electron chi connectivity index (χ4n) is 1.16. The molecular formula is C9H13N3S. The fraction of sp³-hybridized carbons (Fsp3) is 0.444. The predicted octanol–water partition coefficient (Wildman–Crippen LogP) is 2.28. The topological polar surface area (TPSA) is 43.3 Å². The molecule has 0 unspecified atom stereocenters. The quantitative estimate of drug-likeness (QED) is 0.700. The molecule has 0 aromatic carbocycles. The molecule has 2 heterocycles. The molecule has 0 bridgehead atoms. The summed E-state index contributed by atoms with van der Waals surface area (Å²) in [5.74, 6) is 0.767. The Morgan fingerprint density at radius 2 is 2.15 bits per heavy atom. The van der Waals surface area contributed by atoms with Gasteiger partial charge in [0.1, 0.15) is 5.82 Å². The minimum absolute atomic E-state index is 0.0954. The zero-order valence-electron chi connectivity index (χ0n) is 8.03. The van der Waals surface area contributed by atoms with E-state index in [1.165, 1.54) is 0 Å². The van der Waals surface area contributed by atoms with Crippen LogP contribution in [-0.4, -0.2) is 9.38 Å². The highest BCUT2D eigenvalue weighted by Crippen LogP contribution is 2.25. The first-order chi connectivity index (χ1) is 5.98. The summed E-state index contributed by atoms with van der Waals surface area (Å²) < 4.78 is 1.94. The van der Waals surface area contributed by atoms with E-state index in [1.54, 1.807) is 11.3 Å². The average Bonchev–Trinajstić information content (AvgIpc) is 2.51. The van der Waals surface area contributed by atoms with Gasteiger partial charge < -0.3 is 5.73 Å². The molecule has 0 radical (unpaired) electrons. The Balaban J connectivity index is 2.63. The highest BCUT2D eigenvalue weighted by Gasteiger charge is 2.18. The maximum absolute atomic E-state index is 5.77. The Bertz CT molecular complexity index is 433. The number of nitrogens with two attached hydrogens (primary N) is 1. The molecule has 0 spiro atoms. The van der Waals surface area contributed by atoms with Gasteiger partial charge >= 0.3 is 0 Å². The van der Waals surface area contributed by atoms with Crippen molar-refractivity contribution in [3.63, 3.8) is 0 Å². The largest absolute Gasteiger partial charge is 0.384 e. The van der Waals surface area contributed by atoms with Crippen LogP contribution in [0.3, 0.4) is 0 Å². The van der Waals surface area contributed by atoms with Crippen LogP contribution in [0.15, 0.2) is 11.6 Å². The van der Waals surface area contributed by atoms with Gasteiger partial charge in [-0.2, -0.15) is 0 Å². The molecule has 0 saturated heterocycles. The minimum atomic E-state index is 0.0954. The first-order valence-electron chi connectivity index (χ1n) is 4.21. The molecule has 3 nitrogen and oxygen atoms in total. The lowest BCUT2D eigenvalue weighted by molar-refractivity contribution is 0.573. The molecule has 0 aliphatic carbocycles. The van der Waals surface area contributed by atoms with Crippen LogP contribution in [0.1, 0.15) is 26.5 Å². The number of nitrogen functional groups attached to an aromatic ring is 1. The summed E-state index contributed by atoms with van der Waals surface area (Å²) in [6.45, 7) is 6.45. The van der Waals surface area contributed by atoms with Crippen LogP contribution in [0.25, 0.3) is 4.96 Å². The van der Waals surface area contributed by atoms with Gasteiger partial charge in [-0.05, 0) is 0 Å². The van der Waals surface area contributed by atoms with Gasteiger partial charge in [0.05, 0.1) is 5.69 Å². The van der Waals surface area contributed by atoms with E-state index in [9.17, 15) is 0 Å². The predicted molar refractivity (Wildman–Crippen MR) is 56.2 cm³/mol. The summed E-state index contributed by atoms with van der Waals surface area (Å²) >= 11 is 1.58. The number of imidazole rings is 1. The maximum Gasteiger partial charge on any atom is 0.195 e. The van der Waals surface area contributed by atoms with Crippen LogP contribution in [0, 0.1) is 0 Å². The van der Waals surface area contributed by atoms with Crippen molar-refractivity contribution in [2.45, 2.75) is 26.2 Å². The third-order valence-electron chi connectivity index (χ3n) is 2.01. The molecule has 13 heavy (non-hydrogen) atoms. The molecule has 0 aliphatic heterocycles. The van der Waals surface area contributed by atoms with Crippen molar-refractivity contribution in [1.82, 2.24) is 9.38 Å². The van der Waals surface area contributed by atoms with Crippen molar-refractivity contribution in [3.05, 3.63) is 17.3 Å². The molecule has 2 rings (SSSR count). The Morgan fingerprint density at radius 1 is 1.46 bits per heavy atom. The molecule has 0 fully saturated rings. The van der Waals surface area contributed by atoms with E-state index in [2.05, 4.69) is 25.8 Å². The van der Waals surface area contributed by atoms with Crippen molar-refractivity contribution in [3.8, 4) is 0 Å². The summed E-state index contributed by atoms with van der Waals surface area (Å²) in [6.07, 6.45) is 2.02. The van der Waals surface area contributed by atoms with Gasteiger partial charge in [-0.1, -0.05) is 20.8 Å². The van der Waals surface area contributed by atoms with Gasteiger partial charge in [-0.25, -0.2) is 4.98 Å². The van der Waals surface area contributed by atoms with E-state index < -0.39 is 0 Å². The standard InChI is InChI=1S/C9H13N3S/c1-9(2,3)6-4-12-7(10)5-13-8(12)11-6/h4-5H,10H2,1-3H3. The van der Waals surface area contributed by atoms with Crippen LogP contribution in [-0.2, 0) is 5.41 Å². The Hall–Kier alpha value is -1.03. The Kier molecular flexibility index (Phi) is 1.63. The number of aromatic nitrogens is 2. The normalized spacial score (nSPS) is 12.5. The Labute approximate surface area is 81.2 Å². The van der Waals surface area contributed by atoms with Crippen LogP contribution in [0.5, 0.6) is 0 Å². The third kappa shape index (κ3) is 1.31. The number of rotatable bonds is 0. The SMILES string of the molecule is CC(C)(C)c1cn2c(N)csc2n1. The van der Waals surface area contributed by atoms with Crippen molar-refractivity contribution in [2.75, 3.05) is 5.73 Å². The Morgan fingerprint density at radius 3 is 2.69 bits per heavy atom. The molecule has 0 saturated carbocycles. The summed E-state index contributed by atoms with van der Waals surface area (Å²) in [4.78, 5) is 5.48. The molecule has 0 amide bonds. The first kappa shape index (κ1) is 8.56. The lowest BCUT2D eigenvalue weighted by atomic mass is 9.93. The molecular weight excluding hydrogens is 182 g/mol. The number of hydrogen-bond donors (Lipinski definition) is 1. The minimum Gasteiger partial charge on any atom is -0.384 e. The second-order valence-corrected chi connectivity index (χ2v) is 5.03. The highest BCUT2D eigenvalue weighted by molar-refractivity contribution is 7.15. The van der Waals surface area contributed by atoms with Crippen LogP contribution in [0.4, 0.5) is 5.82 Å². The molecule has 0 aliphatic rings. The zero-order chi connectivity index (χ0) is 9.64. The van der Waals surface area contributed by atoms with Gasteiger partial charge in [-0.3, -0.25) is 4.40 Å². The average molecular weight is 195 g/mol. The van der Waals surface area contributed by atoms with E-state index in [0.717, 1.165) is 16.5 Å². The number of nitrogens with zero attached hydrogens (tertiary/aromatic N) is 2. The summed E-state index contributed by atoms with van der Waals surface area (Å²) in [5.41, 5.74) is 6.95. The number of fused-ring (bicyclic) bond motifs is 1. The monoisotopic (exact) mass is 195 g/mol. The van der Waals surface area contributed by atoms with Crippen molar-refractivity contribution < 1.29 is 0 Å². The van der Waals surface area contributed by atoms with Crippen molar-refractivity contribution >= 4 is 22.1 Å². The van der Waals surface area contributed by atoms with Gasteiger partial charge in [0.2, 0.25) is 0 Å². The summed E-state index contributed by atoms with van der Waals surface area (Å²) in [6, 6.07) is 0. The van der Waals surface area contributed by atoms with Gasteiger partial charge in [0.15, 0.2) is 4.96 Å². The molecule has 2 aromatic rings. The second kappa shape index (κ2) is 2.48. The van der Waals surface area contributed by atoms with E-state index in [1.807, 2.05) is 16.0 Å². The van der Waals surface area contributed by atoms with Gasteiger partial charge in [0.25, 0.3) is 0 Å². The van der Waals surface area contributed by atoms with E-state index in [4.69, 9.17) is 5.73 Å². The number of anilines is 1. The summed E-state index contributed by atoms with van der Waals surface area (Å²) in [7, 11) is 0. The van der Waals surface area contributed by atoms with Crippen LogP contribution in [0.2, 0.25) is 0 Å². The van der Waals surface area contributed by atoms with Crippen molar-refractivity contribution in [1.29, 1.82) is 0 Å². The molecule has 2 N–H and O–H groups in total. The van der Waals surface area contributed by atoms with E-state index in [-0.39, 0.29) is 5.41 Å². The van der Waals surface area contributed by atoms with E-state index in [0.29, 0.717) is 0 Å². The summed E-state index contributed by atoms with van der Waals surface area (Å²) in [5, 5.41) is 1.91. The molecule has 4 heteroatoms. The smallest absolute Gasteiger partial charge is 0.195 e. The van der Waals surface area contributed by atoms with E-state index >= 15 is 0 Å². The molecule has 70 valence electrons. The van der Waals surface area contributed by atoms with Crippen LogP contribution < -0.4 is 5.73 Å². The molecule has 0 atom stereocenters. The fourth-order valence-corrected chi connectivity index (χ4v) is 1.93. The maximum atomic E-state index is 5.77. The lowest BCUT2D eigenvalue weighted by Crippen LogP contribution is -2.11. The zero-order valence-corrected chi connectivity index (χ0v) is 8.85. The number of hydrogen-bond acceptors (Lipinski definition) is 3. The first-order valence-corrected chi connectivity index (χ1v) is 5.09. The molecule has 2 aromatic heterocycles. The highest BCUT2D eigenvalue weighted by atomic mass is 32.1. The third-order valence-corrected chi connectivity index (χ3v) is 2.86. The van der Waals surface area contributed by atoms with Crippen LogP contribution >= 0.6 is 11.3 Å². The second-order valence-electron chi connectivity index (χ2n) is 4.19. The van der Waals surface area contributed by atoms with Crippen molar-refractivity contribution in [2.24, 2.45) is 0 Å². The van der Waals surface area contributed by atoms with Gasteiger partial charge in [-0.15, -0.1) is 11.3 Å².